The average molecular weight is 196 g/mol. The molecule has 2 N–H and O–H groups in total. The van der Waals surface area contributed by atoms with Crippen LogP contribution in [0.15, 0.2) is 25.3 Å². The number of hydrogen-bond acceptors (Lipinski definition) is 2. The maximum Gasteiger partial charge on any atom is 0.243 e. The van der Waals surface area contributed by atoms with Gasteiger partial charge in [-0.15, -0.1) is 0 Å². The van der Waals surface area contributed by atoms with Crippen molar-refractivity contribution in [2.75, 3.05) is 0 Å². The van der Waals surface area contributed by atoms with Crippen LogP contribution in [0.25, 0.3) is 0 Å². The summed E-state index contributed by atoms with van der Waals surface area (Å²) < 4.78 is 0. The van der Waals surface area contributed by atoms with Gasteiger partial charge in [0.1, 0.15) is 0 Å². The molecular formula is C10H16N2O2. The molecule has 0 aliphatic carbocycles. The Morgan fingerprint density at radius 2 is 1.29 bits per heavy atom. The lowest BCUT2D eigenvalue weighted by atomic mass is 10.1. The first kappa shape index (κ1) is 12.4. The average Bonchev–Trinajstić information content (AvgIpc) is 2.17. The molecular weight excluding hydrogens is 180 g/mol. The van der Waals surface area contributed by atoms with Gasteiger partial charge in [0.05, 0.1) is 0 Å². The Balaban J connectivity index is 4.04. The van der Waals surface area contributed by atoms with Crippen molar-refractivity contribution in [3.63, 3.8) is 0 Å². The summed E-state index contributed by atoms with van der Waals surface area (Å²) in [5.41, 5.74) is 0. The highest BCUT2D eigenvalue weighted by molar-refractivity contribution is 5.88. The van der Waals surface area contributed by atoms with E-state index in [0.29, 0.717) is 0 Å². The van der Waals surface area contributed by atoms with Crippen LogP contribution in [0.4, 0.5) is 0 Å². The quantitative estimate of drug-likeness (QED) is 0.624. The van der Waals surface area contributed by atoms with Crippen molar-refractivity contribution in [3.8, 4) is 0 Å². The predicted molar refractivity (Wildman–Crippen MR) is 55.6 cm³/mol. The van der Waals surface area contributed by atoms with Gasteiger partial charge >= 0.3 is 0 Å². The van der Waals surface area contributed by atoms with E-state index in [2.05, 4.69) is 23.8 Å². The third-order valence-corrected chi connectivity index (χ3v) is 1.86. The van der Waals surface area contributed by atoms with Gasteiger partial charge in [0.25, 0.3) is 0 Å². The zero-order chi connectivity index (χ0) is 11.1. The highest BCUT2D eigenvalue weighted by atomic mass is 16.2. The van der Waals surface area contributed by atoms with E-state index in [-0.39, 0.29) is 23.9 Å². The summed E-state index contributed by atoms with van der Waals surface area (Å²) in [6.07, 6.45) is 2.39. The largest absolute Gasteiger partial charge is 0.348 e. The van der Waals surface area contributed by atoms with E-state index in [1.54, 1.807) is 13.8 Å². The topological polar surface area (TPSA) is 58.2 Å². The maximum absolute atomic E-state index is 10.9. The van der Waals surface area contributed by atoms with Crippen LogP contribution in [0.3, 0.4) is 0 Å². The standard InChI is InChI=1S/C10H16N2O2/c1-5-9(13)11-7(3)8(4)12-10(14)6-2/h5-8H,1-2H2,3-4H3,(H,11,13)(H,12,14). The van der Waals surface area contributed by atoms with E-state index in [9.17, 15) is 9.59 Å². The second-order valence-electron chi connectivity index (χ2n) is 3.00. The molecule has 0 aromatic carbocycles. The minimum atomic E-state index is -0.253. The van der Waals surface area contributed by atoms with Gasteiger partial charge in [-0.2, -0.15) is 0 Å². The fraction of sp³-hybridized carbons (Fsp3) is 0.400. The van der Waals surface area contributed by atoms with Crippen LogP contribution in [-0.2, 0) is 9.59 Å². The molecule has 0 heterocycles. The number of nitrogens with one attached hydrogen (secondary N) is 2. The first-order valence-electron chi connectivity index (χ1n) is 4.37. The number of rotatable bonds is 5. The van der Waals surface area contributed by atoms with Crippen molar-refractivity contribution in [1.82, 2.24) is 10.6 Å². The third-order valence-electron chi connectivity index (χ3n) is 1.86. The highest BCUT2D eigenvalue weighted by Gasteiger charge is 2.14. The number of carbonyl (C=O) groups excluding carboxylic acids is 2. The molecule has 0 aromatic heterocycles. The summed E-state index contributed by atoms with van der Waals surface area (Å²) in [5.74, 6) is -0.505. The zero-order valence-corrected chi connectivity index (χ0v) is 8.54. The maximum atomic E-state index is 10.9. The molecule has 4 heteroatoms. The fourth-order valence-electron chi connectivity index (χ4n) is 0.817. The molecule has 0 spiro atoms. The van der Waals surface area contributed by atoms with Crippen molar-refractivity contribution in [2.24, 2.45) is 0 Å². The van der Waals surface area contributed by atoms with Gasteiger partial charge in [0.15, 0.2) is 0 Å². The monoisotopic (exact) mass is 196 g/mol. The van der Waals surface area contributed by atoms with E-state index >= 15 is 0 Å². The van der Waals surface area contributed by atoms with Crippen molar-refractivity contribution in [1.29, 1.82) is 0 Å². The summed E-state index contributed by atoms with van der Waals surface area (Å²) in [6, 6.07) is -0.297. The lowest BCUT2D eigenvalue weighted by Crippen LogP contribution is -2.47. The fourth-order valence-corrected chi connectivity index (χ4v) is 0.817. The molecule has 2 unspecified atom stereocenters. The van der Waals surface area contributed by atoms with Gasteiger partial charge in [0, 0.05) is 12.1 Å². The second kappa shape index (κ2) is 5.96. The van der Waals surface area contributed by atoms with Gasteiger partial charge in [-0.1, -0.05) is 13.2 Å². The molecule has 0 rings (SSSR count). The Morgan fingerprint density at radius 1 is 1.00 bits per heavy atom. The molecule has 2 amide bonds. The molecule has 0 radical (unpaired) electrons. The highest BCUT2D eigenvalue weighted by Crippen LogP contribution is 1.92. The Labute approximate surface area is 84.1 Å². The first-order chi connectivity index (χ1) is 6.51. The smallest absolute Gasteiger partial charge is 0.243 e. The number of amides is 2. The van der Waals surface area contributed by atoms with Crippen LogP contribution >= 0.6 is 0 Å². The van der Waals surface area contributed by atoms with Crippen molar-refractivity contribution >= 4 is 11.8 Å². The van der Waals surface area contributed by atoms with Gasteiger partial charge in [-0.3, -0.25) is 9.59 Å². The lowest BCUT2D eigenvalue weighted by Gasteiger charge is -2.21. The molecule has 0 aliphatic heterocycles. The summed E-state index contributed by atoms with van der Waals surface area (Å²) in [6.45, 7) is 10.3. The summed E-state index contributed by atoms with van der Waals surface area (Å²) in [7, 11) is 0. The zero-order valence-electron chi connectivity index (χ0n) is 8.54. The van der Waals surface area contributed by atoms with Crippen LogP contribution in [-0.4, -0.2) is 23.9 Å². The summed E-state index contributed by atoms with van der Waals surface area (Å²) in [5, 5.41) is 5.31. The minimum Gasteiger partial charge on any atom is -0.348 e. The van der Waals surface area contributed by atoms with Crippen molar-refractivity contribution in [2.45, 2.75) is 25.9 Å². The third kappa shape index (κ3) is 4.45. The van der Waals surface area contributed by atoms with Crippen LogP contribution in [0.1, 0.15) is 13.8 Å². The summed E-state index contributed by atoms with van der Waals surface area (Å²) in [4.78, 5) is 21.8. The Bertz CT molecular complexity index is 223. The van der Waals surface area contributed by atoms with Crippen LogP contribution in [0.5, 0.6) is 0 Å². The van der Waals surface area contributed by atoms with E-state index in [1.807, 2.05) is 0 Å². The van der Waals surface area contributed by atoms with Gasteiger partial charge in [-0.05, 0) is 26.0 Å². The molecule has 0 saturated heterocycles. The van der Waals surface area contributed by atoms with Gasteiger partial charge in [-0.25, -0.2) is 0 Å². The van der Waals surface area contributed by atoms with Crippen LogP contribution in [0.2, 0.25) is 0 Å². The number of hydrogen-bond donors (Lipinski definition) is 2. The SMILES string of the molecule is C=CC(=O)NC(C)C(C)NC(=O)C=C. The van der Waals surface area contributed by atoms with E-state index in [4.69, 9.17) is 0 Å². The Morgan fingerprint density at radius 3 is 1.50 bits per heavy atom. The molecule has 2 atom stereocenters. The van der Waals surface area contributed by atoms with Gasteiger partial charge in [0.2, 0.25) is 11.8 Å². The molecule has 0 saturated carbocycles. The molecule has 78 valence electrons. The van der Waals surface area contributed by atoms with E-state index in [0.717, 1.165) is 0 Å². The molecule has 14 heavy (non-hydrogen) atoms. The van der Waals surface area contributed by atoms with Crippen LogP contribution < -0.4 is 10.6 Å². The minimum absolute atomic E-state index is 0.149. The Hall–Kier alpha value is -1.58. The predicted octanol–water partition coefficient (Wildman–Crippen LogP) is 0.368. The Kier molecular flexibility index (Phi) is 5.29. The number of carbonyl (C=O) groups is 2. The second-order valence-corrected chi connectivity index (χ2v) is 3.00. The van der Waals surface area contributed by atoms with Crippen molar-refractivity contribution < 1.29 is 9.59 Å². The molecule has 0 aromatic rings. The van der Waals surface area contributed by atoms with Gasteiger partial charge < -0.3 is 10.6 Å². The molecule has 0 aliphatic rings. The molecule has 4 nitrogen and oxygen atoms in total. The van der Waals surface area contributed by atoms with Crippen molar-refractivity contribution in [3.05, 3.63) is 25.3 Å². The van der Waals surface area contributed by atoms with Crippen LogP contribution in [0, 0.1) is 0 Å². The van der Waals surface area contributed by atoms with E-state index in [1.165, 1.54) is 12.2 Å². The molecule has 0 bridgehead atoms. The van der Waals surface area contributed by atoms with E-state index < -0.39 is 0 Å². The lowest BCUT2D eigenvalue weighted by molar-refractivity contribution is -0.119. The molecule has 0 fully saturated rings. The first-order valence-corrected chi connectivity index (χ1v) is 4.37. The normalized spacial score (nSPS) is 13.6. The summed E-state index contributed by atoms with van der Waals surface area (Å²) >= 11 is 0.